The Balaban J connectivity index is 1.32. The lowest BCUT2D eigenvalue weighted by atomic mass is 9.82. The van der Waals surface area contributed by atoms with Crippen molar-refractivity contribution in [2.24, 2.45) is 0 Å². The maximum absolute atomic E-state index is 3.76. The zero-order valence-electron chi connectivity index (χ0n) is 21.9. The average Bonchev–Trinajstić information content (AvgIpc) is 3.03. The van der Waals surface area contributed by atoms with Gasteiger partial charge in [-0.25, -0.2) is 0 Å². The summed E-state index contributed by atoms with van der Waals surface area (Å²) in [7, 11) is 0. The molecule has 1 heteroatoms. The predicted octanol–water partition coefficient (Wildman–Crippen LogP) is 10.0. The second-order valence-corrected chi connectivity index (χ2v) is 11.0. The van der Waals surface area contributed by atoms with E-state index in [1.54, 1.807) is 0 Å². The van der Waals surface area contributed by atoms with Gasteiger partial charge in [-0.15, -0.1) is 0 Å². The Kier molecular flexibility index (Phi) is 4.45. The summed E-state index contributed by atoms with van der Waals surface area (Å²) in [4.78, 5) is 0. The van der Waals surface area contributed by atoms with E-state index in [1.165, 1.54) is 82.1 Å². The minimum atomic E-state index is 0.185. The van der Waals surface area contributed by atoms with Gasteiger partial charge in [-0.3, -0.25) is 0 Å². The van der Waals surface area contributed by atoms with Gasteiger partial charge in [0.15, 0.2) is 0 Å². The van der Waals surface area contributed by atoms with Gasteiger partial charge in [-0.05, 0) is 100 Å². The van der Waals surface area contributed by atoms with Crippen LogP contribution in [0.2, 0.25) is 0 Å². The molecular formula is C39H25N. The van der Waals surface area contributed by atoms with Crippen LogP contribution < -0.4 is 5.32 Å². The quantitative estimate of drug-likeness (QED) is 0.230. The molecule has 0 aromatic heterocycles. The molecule has 1 nitrogen and oxygen atoms in total. The largest absolute Gasteiger partial charge is 0.380 e. The zero-order valence-corrected chi connectivity index (χ0v) is 21.9. The van der Waals surface area contributed by atoms with Crippen molar-refractivity contribution < 1.29 is 0 Å². The molecule has 7 aromatic rings. The smallest absolute Gasteiger partial charge is 0.0768 e. The van der Waals surface area contributed by atoms with Crippen LogP contribution in [-0.2, 0) is 0 Å². The second kappa shape index (κ2) is 8.18. The summed E-state index contributed by atoms with van der Waals surface area (Å²) in [6.07, 6.45) is 9.12. The molecule has 0 saturated carbocycles. The summed E-state index contributed by atoms with van der Waals surface area (Å²) < 4.78 is 0. The molecule has 0 amide bonds. The highest BCUT2D eigenvalue weighted by molar-refractivity contribution is 6.27. The lowest BCUT2D eigenvalue weighted by Gasteiger charge is -2.29. The Morgan fingerprint density at radius 2 is 1.25 bits per heavy atom. The van der Waals surface area contributed by atoms with Crippen LogP contribution in [0, 0.1) is 0 Å². The molecule has 1 N–H and O–H groups in total. The molecular weight excluding hydrogens is 482 g/mol. The molecule has 9 rings (SSSR count). The molecule has 2 aliphatic rings. The molecule has 1 atom stereocenters. The molecule has 7 aromatic carbocycles. The van der Waals surface area contributed by atoms with Gasteiger partial charge in [0, 0.05) is 6.20 Å². The third kappa shape index (κ3) is 3.09. The standard InChI is InChI=1S/C39H25N/c1-2-8-28-20-29(14-12-24(28)6-1)35-22-36(31-21-30-15-13-25-7-3-4-11-32(25)39(30)40-23-31)34-19-17-27-10-5-9-26-16-18-33(35)38(34)37(26)27/h1-23,39-40H. The number of benzene rings is 7. The number of fused-ring (bicyclic) bond motifs is 4. The summed E-state index contributed by atoms with van der Waals surface area (Å²) in [6.45, 7) is 0. The monoisotopic (exact) mass is 507 g/mol. The molecule has 1 aliphatic carbocycles. The lowest BCUT2D eigenvalue weighted by molar-refractivity contribution is 0.716. The number of allylic oxidation sites excluding steroid dienone is 2. The number of dihydropyridines is 1. The van der Waals surface area contributed by atoms with Crippen molar-refractivity contribution in [3.05, 3.63) is 156 Å². The van der Waals surface area contributed by atoms with Crippen LogP contribution in [-0.4, -0.2) is 0 Å². The van der Waals surface area contributed by atoms with Crippen LogP contribution in [0.5, 0.6) is 0 Å². The fourth-order valence-electron chi connectivity index (χ4n) is 6.92. The van der Waals surface area contributed by atoms with E-state index < -0.39 is 0 Å². The first kappa shape index (κ1) is 21.8. The van der Waals surface area contributed by atoms with E-state index in [2.05, 4.69) is 145 Å². The van der Waals surface area contributed by atoms with E-state index in [9.17, 15) is 0 Å². The van der Waals surface area contributed by atoms with Crippen molar-refractivity contribution >= 4 is 54.7 Å². The van der Waals surface area contributed by atoms with E-state index >= 15 is 0 Å². The number of hydrogen-bond donors (Lipinski definition) is 1. The van der Waals surface area contributed by atoms with E-state index in [0.29, 0.717) is 0 Å². The Bertz CT molecular complexity index is 2230. The SMILES string of the molecule is C1=Cc2ccccc2C2NC=C(c3cc(-c4ccc5ccccc5c4)c4ccc5cccc6ccc3c4c65)C=C12. The number of nitrogens with one attached hydrogen (secondary N) is 1. The highest BCUT2D eigenvalue weighted by Crippen LogP contribution is 2.45. The fourth-order valence-corrected chi connectivity index (χ4v) is 6.92. The summed E-state index contributed by atoms with van der Waals surface area (Å²) >= 11 is 0. The van der Waals surface area contributed by atoms with E-state index in [4.69, 9.17) is 0 Å². The summed E-state index contributed by atoms with van der Waals surface area (Å²) in [5.74, 6) is 0. The van der Waals surface area contributed by atoms with Crippen molar-refractivity contribution in [3.8, 4) is 11.1 Å². The molecule has 186 valence electrons. The van der Waals surface area contributed by atoms with Crippen LogP contribution in [0.4, 0.5) is 0 Å². The van der Waals surface area contributed by atoms with Crippen LogP contribution >= 0.6 is 0 Å². The topological polar surface area (TPSA) is 12.0 Å². The maximum atomic E-state index is 3.76. The third-order valence-electron chi connectivity index (χ3n) is 8.84. The fraction of sp³-hybridized carbons (Fsp3) is 0.0256. The first-order valence-electron chi connectivity index (χ1n) is 14.0. The first-order chi connectivity index (χ1) is 19.8. The van der Waals surface area contributed by atoms with Gasteiger partial charge < -0.3 is 5.32 Å². The second-order valence-electron chi connectivity index (χ2n) is 11.0. The Labute approximate surface area is 232 Å². The molecule has 1 heterocycles. The summed E-state index contributed by atoms with van der Waals surface area (Å²) in [5.41, 5.74) is 8.93. The van der Waals surface area contributed by atoms with E-state index in [-0.39, 0.29) is 6.04 Å². The van der Waals surface area contributed by atoms with Crippen molar-refractivity contribution in [2.45, 2.75) is 6.04 Å². The van der Waals surface area contributed by atoms with Gasteiger partial charge in [0.05, 0.1) is 6.04 Å². The summed E-state index contributed by atoms with van der Waals surface area (Å²) in [5, 5.41) is 14.2. The summed E-state index contributed by atoms with van der Waals surface area (Å²) in [6, 6.07) is 42.6. The molecule has 0 radical (unpaired) electrons. The maximum Gasteiger partial charge on any atom is 0.0768 e. The minimum absolute atomic E-state index is 0.185. The highest BCUT2D eigenvalue weighted by atomic mass is 14.9. The number of hydrogen-bond acceptors (Lipinski definition) is 1. The number of rotatable bonds is 2. The van der Waals surface area contributed by atoms with Crippen LogP contribution in [0.25, 0.3) is 65.9 Å². The molecule has 1 unspecified atom stereocenters. The van der Waals surface area contributed by atoms with Crippen LogP contribution in [0.15, 0.2) is 139 Å². The molecule has 40 heavy (non-hydrogen) atoms. The Hall–Kier alpha value is -5.14. The molecule has 1 aliphatic heterocycles. The van der Waals surface area contributed by atoms with Gasteiger partial charge in [0.25, 0.3) is 0 Å². The lowest BCUT2D eigenvalue weighted by Crippen LogP contribution is -2.23. The highest BCUT2D eigenvalue weighted by Gasteiger charge is 2.24. The van der Waals surface area contributed by atoms with Crippen molar-refractivity contribution in [1.82, 2.24) is 5.32 Å². The van der Waals surface area contributed by atoms with Gasteiger partial charge in [0.1, 0.15) is 0 Å². The molecule has 0 spiro atoms. The molecule has 0 saturated heterocycles. The van der Waals surface area contributed by atoms with E-state index in [0.717, 1.165) is 0 Å². The van der Waals surface area contributed by atoms with Gasteiger partial charge in [-0.2, -0.15) is 0 Å². The van der Waals surface area contributed by atoms with E-state index in [1.807, 2.05) is 0 Å². The van der Waals surface area contributed by atoms with Gasteiger partial charge >= 0.3 is 0 Å². The van der Waals surface area contributed by atoms with Gasteiger partial charge in [-0.1, -0.05) is 115 Å². The third-order valence-corrected chi connectivity index (χ3v) is 8.84. The average molecular weight is 508 g/mol. The van der Waals surface area contributed by atoms with Crippen molar-refractivity contribution in [2.75, 3.05) is 0 Å². The Morgan fingerprint density at radius 3 is 2.12 bits per heavy atom. The predicted molar refractivity (Wildman–Crippen MR) is 171 cm³/mol. The van der Waals surface area contributed by atoms with Crippen LogP contribution in [0.3, 0.4) is 0 Å². The normalized spacial score (nSPS) is 16.1. The van der Waals surface area contributed by atoms with Crippen LogP contribution in [0.1, 0.15) is 22.7 Å². The minimum Gasteiger partial charge on any atom is -0.380 e. The molecule has 0 fully saturated rings. The zero-order chi connectivity index (χ0) is 26.2. The first-order valence-corrected chi connectivity index (χ1v) is 14.0. The molecule has 0 bridgehead atoms. The Morgan fingerprint density at radius 1 is 0.525 bits per heavy atom. The van der Waals surface area contributed by atoms with Gasteiger partial charge in [0.2, 0.25) is 0 Å². The van der Waals surface area contributed by atoms with Crippen molar-refractivity contribution in [3.63, 3.8) is 0 Å². The van der Waals surface area contributed by atoms with Crippen molar-refractivity contribution in [1.29, 1.82) is 0 Å².